The Balaban J connectivity index is 1.71. The number of likely N-dealkylation sites (N-methyl/N-ethyl adjacent to an activating group) is 2. The first-order valence-electron chi connectivity index (χ1n) is 10.4. The molecule has 0 bridgehead atoms. The van der Waals surface area contributed by atoms with Crippen molar-refractivity contribution in [3.8, 4) is 5.75 Å². The van der Waals surface area contributed by atoms with E-state index in [1.165, 1.54) is 19.4 Å². The molecule has 1 heterocycles. The lowest BCUT2D eigenvalue weighted by Gasteiger charge is -2.23. The molecular weight excluding hydrogens is 338 g/mol. The molecular formula is C21H37N5O. The Morgan fingerprint density at radius 1 is 1.26 bits per heavy atom. The van der Waals surface area contributed by atoms with Crippen LogP contribution in [0.25, 0.3) is 0 Å². The summed E-state index contributed by atoms with van der Waals surface area (Å²) in [5, 5.41) is 3.28. The van der Waals surface area contributed by atoms with Crippen molar-refractivity contribution in [3.05, 3.63) is 29.8 Å². The highest BCUT2D eigenvalue weighted by molar-refractivity contribution is 5.77. The highest BCUT2D eigenvalue weighted by atomic mass is 16.5. The van der Waals surface area contributed by atoms with Gasteiger partial charge in [-0.15, -0.1) is 0 Å². The van der Waals surface area contributed by atoms with Gasteiger partial charge in [0.15, 0.2) is 5.96 Å². The summed E-state index contributed by atoms with van der Waals surface area (Å²) in [7, 11) is 0. The minimum atomic E-state index is 0.525. The molecule has 0 aliphatic carbocycles. The molecule has 3 N–H and O–H groups in total. The van der Waals surface area contributed by atoms with Crippen LogP contribution in [0.1, 0.15) is 39.2 Å². The van der Waals surface area contributed by atoms with E-state index in [1.807, 2.05) is 12.1 Å². The molecule has 6 heteroatoms. The summed E-state index contributed by atoms with van der Waals surface area (Å²) in [5.41, 5.74) is 7.16. The Labute approximate surface area is 164 Å². The third-order valence-corrected chi connectivity index (χ3v) is 5.35. The molecule has 1 aromatic carbocycles. The van der Waals surface area contributed by atoms with Crippen LogP contribution in [0.15, 0.2) is 29.3 Å². The minimum absolute atomic E-state index is 0.525. The first-order chi connectivity index (χ1) is 13.2. The molecule has 0 radical (unpaired) electrons. The van der Waals surface area contributed by atoms with Crippen molar-refractivity contribution in [3.63, 3.8) is 0 Å². The van der Waals surface area contributed by atoms with Gasteiger partial charge < -0.3 is 20.7 Å². The number of benzene rings is 1. The van der Waals surface area contributed by atoms with Crippen LogP contribution in [0.2, 0.25) is 0 Å². The van der Waals surface area contributed by atoms with Gasteiger partial charge in [-0.2, -0.15) is 0 Å². The van der Waals surface area contributed by atoms with Crippen molar-refractivity contribution >= 4 is 5.96 Å². The van der Waals surface area contributed by atoms with E-state index in [0.717, 1.165) is 44.0 Å². The average Bonchev–Trinajstić information content (AvgIpc) is 3.16. The number of rotatable bonds is 11. The molecule has 1 fully saturated rings. The van der Waals surface area contributed by atoms with E-state index in [9.17, 15) is 0 Å². The third kappa shape index (κ3) is 7.39. The Hall–Kier alpha value is -1.79. The van der Waals surface area contributed by atoms with Crippen LogP contribution >= 0.6 is 0 Å². The number of nitrogens with one attached hydrogen (secondary N) is 1. The number of ether oxygens (including phenoxy) is 1. The monoisotopic (exact) mass is 375 g/mol. The zero-order valence-electron chi connectivity index (χ0n) is 17.3. The molecule has 6 nitrogen and oxygen atoms in total. The number of nitrogens with zero attached hydrogens (tertiary/aromatic N) is 3. The van der Waals surface area contributed by atoms with Gasteiger partial charge in [0, 0.05) is 19.1 Å². The van der Waals surface area contributed by atoms with Crippen LogP contribution in [0.4, 0.5) is 0 Å². The van der Waals surface area contributed by atoms with Gasteiger partial charge in [-0.25, -0.2) is 4.99 Å². The van der Waals surface area contributed by atoms with Crippen molar-refractivity contribution in [1.29, 1.82) is 0 Å². The Kier molecular flexibility index (Phi) is 9.42. The second kappa shape index (κ2) is 11.8. The second-order valence-corrected chi connectivity index (χ2v) is 7.03. The molecule has 152 valence electrons. The highest BCUT2D eigenvalue weighted by Crippen LogP contribution is 2.15. The van der Waals surface area contributed by atoms with E-state index in [1.54, 1.807) is 0 Å². The zero-order valence-corrected chi connectivity index (χ0v) is 17.3. The fraction of sp³-hybridized carbons (Fsp3) is 0.667. The Morgan fingerprint density at radius 2 is 2.00 bits per heavy atom. The molecule has 0 saturated carbocycles. The summed E-state index contributed by atoms with van der Waals surface area (Å²) < 4.78 is 5.82. The van der Waals surface area contributed by atoms with Gasteiger partial charge in [-0.1, -0.05) is 32.9 Å². The molecule has 0 spiro atoms. The average molecular weight is 376 g/mol. The van der Waals surface area contributed by atoms with Crippen molar-refractivity contribution in [2.24, 2.45) is 10.7 Å². The van der Waals surface area contributed by atoms with Crippen LogP contribution in [-0.4, -0.2) is 67.7 Å². The van der Waals surface area contributed by atoms with Gasteiger partial charge >= 0.3 is 0 Å². The maximum Gasteiger partial charge on any atom is 0.188 e. The first-order valence-corrected chi connectivity index (χ1v) is 10.4. The Morgan fingerprint density at radius 3 is 2.67 bits per heavy atom. The molecule has 1 aliphatic rings. The van der Waals surface area contributed by atoms with Crippen molar-refractivity contribution in [1.82, 2.24) is 15.1 Å². The lowest BCUT2D eigenvalue weighted by atomic mass is 10.2. The highest BCUT2D eigenvalue weighted by Gasteiger charge is 2.22. The summed E-state index contributed by atoms with van der Waals surface area (Å²) >= 11 is 0. The number of guanidine groups is 1. The van der Waals surface area contributed by atoms with Crippen LogP contribution in [0.3, 0.4) is 0 Å². The topological polar surface area (TPSA) is 66.1 Å². The molecule has 2 rings (SSSR count). The zero-order chi connectivity index (χ0) is 19.5. The van der Waals surface area contributed by atoms with E-state index >= 15 is 0 Å². The quantitative estimate of drug-likeness (QED) is 0.459. The predicted molar refractivity (Wildman–Crippen MR) is 113 cm³/mol. The summed E-state index contributed by atoms with van der Waals surface area (Å²) in [6, 6.07) is 8.71. The van der Waals surface area contributed by atoms with E-state index in [2.05, 4.69) is 53.0 Å². The van der Waals surface area contributed by atoms with Crippen molar-refractivity contribution in [2.75, 3.05) is 45.9 Å². The second-order valence-electron chi connectivity index (χ2n) is 7.03. The predicted octanol–water partition coefficient (Wildman–Crippen LogP) is 2.30. The SMILES string of the molecule is CCN(CC)CCOc1ccc(CN=C(N)NCC2CCCN2CC)cc1. The Bertz CT molecular complexity index is 556. The van der Waals surface area contributed by atoms with Crippen LogP contribution in [0.5, 0.6) is 5.75 Å². The normalized spacial score (nSPS) is 18.2. The van der Waals surface area contributed by atoms with E-state index in [-0.39, 0.29) is 0 Å². The number of hydrogen-bond donors (Lipinski definition) is 2. The standard InChI is InChI=1S/C21H37N5O/c1-4-25(5-2)14-15-27-20-11-9-18(10-12-20)16-23-21(22)24-17-19-8-7-13-26(19)6-3/h9-12,19H,4-8,13-17H2,1-3H3,(H3,22,23,24). The maximum atomic E-state index is 6.03. The lowest BCUT2D eigenvalue weighted by Crippen LogP contribution is -2.42. The van der Waals surface area contributed by atoms with Gasteiger partial charge in [-0.3, -0.25) is 4.90 Å². The molecule has 1 aliphatic heterocycles. The maximum absolute atomic E-state index is 6.03. The molecule has 0 aromatic heterocycles. The third-order valence-electron chi connectivity index (χ3n) is 5.35. The van der Waals surface area contributed by atoms with Gasteiger partial charge in [0.1, 0.15) is 12.4 Å². The van der Waals surface area contributed by atoms with Gasteiger partial charge in [0.05, 0.1) is 6.54 Å². The lowest BCUT2D eigenvalue weighted by molar-refractivity contribution is 0.223. The summed E-state index contributed by atoms with van der Waals surface area (Å²) in [5.74, 6) is 1.43. The van der Waals surface area contributed by atoms with Gasteiger partial charge in [-0.05, 0) is 56.7 Å². The molecule has 1 unspecified atom stereocenters. The fourth-order valence-corrected chi connectivity index (χ4v) is 3.52. The number of aliphatic imine (C=N–C) groups is 1. The fourth-order valence-electron chi connectivity index (χ4n) is 3.52. The molecule has 1 saturated heterocycles. The number of likely N-dealkylation sites (tertiary alicyclic amines) is 1. The summed E-state index contributed by atoms with van der Waals surface area (Å²) in [6.45, 7) is 14.1. The van der Waals surface area contributed by atoms with Gasteiger partial charge in [0.25, 0.3) is 0 Å². The van der Waals surface area contributed by atoms with Crippen molar-refractivity contribution < 1.29 is 4.74 Å². The smallest absolute Gasteiger partial charge is 0.188 e. The molecule has 1 atom stereocenters. The minimum Gasteiger partial charge on any atom is -0.492 e. The number of hydrogen-bond acceptors (Lipinski definition) is 4. The molecule has 27 heavy (non-hydrogen) atoms. The molecule has 0 amide bonds. The van der Waals surface area contributed by atoms with Crippen LogP contribution in [0, 0.1) is 0 Å². The van der Waals surface area contributed by atoms with E-state index in [4.69, 9.17) is 10.5 Å². The first kappa shape index (κ1) is 21.5. The van der Waals surface area contributed by atoms with Crippen molar-refractivity contribution in [2.45, 2.75) is 46.2 Å². The van der Waals surface area contributed by atoms with Crippen LogP contribution in [-0.2, 0) is 6.54 Å². The number of nitrogens with two attached hydrogens (primary N) is 1. The van der Waals surface area contributed by atoms with Gasteiger partial charge in [0.2, 0.25) is 0 Å². The molecule has 1 aromatic rings. The van der Waals surface area contributed by atoms with E-state index < -0.39 is 0 Å². The largest absolute Gasteiger partial charge is 0.492 e. The summed E-state index contributed by atoms with van der Waals surface area (Å²) in [4.78, 5) is 9.31. The van der Waals surface area contributed by atoms with E-state index in [0.29, 0.717) is 25.2 Å². The summed E-state index contributed by atoms with van der Waals surface area (Å²) in [6.07, 6.45) is 2.52. The van der Waals surface area contributed by atoms with Crippen LogP contribution < -0.4 is 15.8 Å².